The highest BCUT2D eigenvalue weighted by Crippen LogP contribution is 2.31. The third-order valence-electron chi connectivity index (χ3n) is 3.32. The molecule has 0 saturated carbocycles. The van der Waals surface area contributed by atoms with Crippen molar-refractivity contribution in [1.82, 2.24) is 0 Å². The minimum atomic E-state index is 0.0183. The van der Waals surface area contributed by atoms with E-state index in [4.69, 9.17) is 10.5 Å². The first kappa shape index (κ1) is 14.9. The molecule has 1 atom stereocenters. The number of benzene rings is 2. The van der Waals surface area contributed by atoms with Crippen molar-refractivity contribution in [3.8, 4) is 5.75 Å². The first-order valence-corrected chi connectivity index (χ1v) is 7.25. The summed E-state index contributed by atoms with van der Waals surface area (Å²) >= 11 is 3.58. The monoisotopic (exact) mass is 334 g/mol. The maximum Gasteiger partial charge on any atom is 0.119 e. The van der Waals surface area contributed by atoms with Crippen LogP contribution in [-0.2, 0) is 0 Å². The minimum Gasteiger partial charge on any atom is -0.497 e. The molecule has 4 heteroatoms. The molecule has 0 aliphatic rings. The fraction of sp³-hybridized carbons (Fsp3) is 0.250. The molecule has 2 N–H and O–H groups in total. The Kier molecular flexibility index (Phi) is 4.68. The summed E-state index contributed by atoms with van der Waals surface area (Å²) in [5.74, 6) is 0.857. The van der Waals surface area contributed by atoms with Crippen LogP contribution in [0.3, 0.4) is 0 Å². The van der Waals surface area contributed by atoms with Crippen molar-refractivity contribution in [2.45, 2.75) is 13.0 Å². The fourth-order valence-electron chi connectivity index (χ4n) is 2.05. The highest BCUT2D eigenvalue weighted by molar-refractivity contribution is 9.10. The van der Waals surface area contributed by atoms with Gasteiger partial charge in [0.25, 0.3) is 0 Å². The van der Waals surface area contributed by atoms with Gasteiger partial charge in [0.2, 0.25) is 0 Å². The Labute approximate surface area is 128 Å². The van der Waals surface area contributed by atoms with Crippen molar-refractivity contribution in [2.75, 3.05) is 19.1 Å². The van der Waals surface area contributed by atoms with Gasteiger partial charge in [0.05, 0.1) is 7.11 Å². The zero-order chi connectivity index (χ0) is 14.7. The van der Waals surface area contributed by atoms with Gasteiger partial charge in [-0.15, -0.1) is 0 Å². The van der Waals surface area contributed by atoms with Crippen molar-refractivity contribution in [2.24, 2.45) is 5.73 Å². The molecule has 0 aliphatic heterocycles. The Morgan fingerprint density at radius 1 is 1.10 bits per heavy atom. The second kappa shape index (κ2) is 6.29. The number of rotatable bonds is 4. The quantitative estimate of drug-likeness (QED) is 0.908. The number of anilines is 2. The first-order valence-electron chi connectivity index (χ1n) is 6.45. The molecule has 2 rings (SSSR count). The summed E-state index contributed by atoms with van der Waals surface area (Å²) in [6, 6.07) is 14.2. The molecule has 2 aromatic carbocycles. The minimum absolute atomic E-state index is 0.0183. The summed E-state index contributed by atoms with van der Waals surface area (Å²) in [6.07, 6.45) is 0. The third kappa shape index (κ3) is 3.14. The van der Waals surface area contributed by atoms with Crippen molar-refractivity contribution in [3.05, 3.63) is 52.5 Å². The summed E-state index contributed by atoms with van der Waals surface area (Å²) in [5.41, 5.74) is 9.24. The van der Waals surface area contributed by atoms with Crippen molar-refractivity contribution in [3.63, 3.8) is 0 Å². The Hall–Kier alpha value is -1.52. The van der Waals surface area contributed by atoms with Crippen LogP contribution in [0.4, 0.5) is 11.4 Å². The van der Waals surface area contributed by atoms with E-state index >= 15 is 0 Å². The second-order valence-corrected chi connectivity index (χ2v) is 5.61. The molecule has 3 nitrogen and oxygen atoms in total. The predicted octanol–water partition coefficient (Wildman–Crippen LogP) is 4.25. The molecule has 2 aromatic rings. The molecule has 0 amide bonds. The standard InChI is InChI=1S/C16H19BrN2O/c1-11(18)15-9-6-13(10-16(15)17)19(2)12-4-7-14(20-3)8-5-12/h4-11H,18H2,1-3H3/t11-/m1/s1. The van der Waals surface area contributed by atoms with Gasteiger partial charge in [-0.25, -0.2) is 0 Å². The fourth-order valence-corrected chi connectivity index (χ4v) is 2.78. The number of ether oxygens (including phenoxy) is 1. The number of halogens is 1. The van der Waals surface area contributed by atoms with Gasteiger partial charge in [0, 0.05) is 28.9 Å². The number of hydrogen-bond donors (Lipinski definition) is 1. The van der Waals surface area contributed by atoms with Gasteiger partial charge in [0.15, 0.2) is 0 Å². The largest absolute Gasteiger partial charge is 0.497 e. The first-order chi connectivity index (χ1) is 9.52. The maximum atomic E-state index is 5.93. The van der Waals surface area contributed by atoms with Crippen LogP contribution in [-0.4, -0.2) is 14.2 Å². The molecule has 106 valence electrons. The number of nitrogens with two attached hydrogens (primary N) is 1. The number of methoxy groups -OCH3 is 1. The van der Waals surface area contributed by atoms with Crippen LogP contribution >= 0.6 is 15.9 Å². The highest BCUT2D eigenvalue weighted by Gasteiger charge is 2.09. The van der Waals surface area contributed by atoms with Crippen molar-refractivity contribution in [1.29, 1.82) is 0 Å². The average molecular weight is 335 g/mol. The zero-order valence-electron chi connectivity index (χ0n) is 11.9. The lowest BCUT2D eigenvalue weighted by molar-refractivity contribution is 0.415. The Bertz CT molecular complexity index is 582. The summed E-state index contributed by atoms with van der Waals surface area (Å²) in [6.45, 7) is 1.98. The molecule has 20 heavy (non-hydrogen) atoms. The van der Waals surface area contributed by atoms with Crippen LogP contribution in [0.15, 0.2) is 46.9 Å². The molecular weight excluding hydrogens is 316 g/mol. The summed E-state index contributed by atoms with van der Waals surface area (Å²) < 4.78 is 6.21. The van der Waals surface area contributed by atoms with E-state index in [1.165, 1.54) is 0 Å². The zero-order valence-corrected chi connectivity index (χ0v) is 13.5. The molecule has 0 bridgehead atoms. The molecule has 0 spiro atoms. The summed E-state index contributed by atoms with van der Waals surface area (Å²) in [4.78, 5) is 2.12. The summed E-state index contributed by atoms with van der Waals surface area (Å²) in [5, 5.41) is 0. The van der Waals surface area contributed by atoms with Crippen LogP contribution in [0.25, 0.3) is 0 Å². The SMILES string of the molecule is COc1ccc(N(C)c2ccc([C@@H](C)N)c(Br)c2)cc1. The molecular formula is C16H19BrN2O. The van der Waals surface area contributed by atoms with Crippen molar-refractivity contribution < 1.29 is 4.74 Å². The normalized spacial score (nSPS) is 12.1. The van der Waals surface area contributed by atoms with Crippen LogP contribution < -0.4 is 15.4 Å². The molecule has 0 unspecified atom stereocenters. The molecule has 0 saturated heterocycles. The van der Waals surface area contributed by atoms with Gasteiger partial charge < -0.3 is 15.4 Å². The Morgan fingerprint density at radius 3 is 2.20 bits per heavy atom. The average Bonchev–Trinajstić information content (AvgIpc) is 2.46. The maximum absolute atomic E-state index is 5.93. The van der Waals surface area contributed by atoms with E-state index in [0.717, 1.165) is 27.2 Å². The van der Waals surface area contributed by atoms with Gasteiger partial charge in [-0.3, -0.25) is 0 Å². The van der Waals surface area contributed by atoms with Crippen LogP contribution in [0.2, 0.25) is 0 Å². The van der Waals surface area contributed by atoms with Gasteiger partial charge in [0.1, 0.15) is 5.75 Å². The van der Waals surface area contributed by atoms with Crippen LogP contribution in [0.1, 0.15) is 18.5 Å². The van der Waals surface area contributed by atoms with E-state index in [1.54, 1.807) is 7.11 Å². The molecule has 0 heterocycles. The third-order valence-corrected chi connectivity index (χ3v) is 4.01. The highest BCUT2D eigenvalue weighted by atomic mass is 79.9. The molecule has 0 aliphatic carbocycles. The summed E-state index contributed by atoms with van der Waals surface area (Å²) in [7, 11) is 3.71. The predicted molar refractivity (Wildman–Crippen MR) is 87.8 cm³/mol. The second-order valence-electron chi connectivity index (χ2n) is 4.75. The lowest BCUT2D eigenvalue weighted by atomic mass is 10.1. The lowest BCUT2D eigenvalue weighted by Crippen LogP contribution is -2.11. The molecule has 0 fully saturated rings. The van der Waals surface area contributed by atoms with E-state index in [0.29, 0.717) is 0 Å². The molecule has 0 aromatic heterocycles. The van der Waals surface area contributed by atoms with E-state index in [9.17, 15) is 0 Å². The Morgan fingerprint density at radius 2 is 1.70 bits per heavy atom. The smallest absolute Gasteiger partial charge is 0.119 e. The van der Waals surface area contributed by atoms with Gasteiger partial charge in [-0.2, -0.15) is 0 Å². The molecule has 0 radical (unpaired) electrons. The van der Waals surface area contributed by atoms with E-state index < -0.39 is 0 Å². The van der Waals surface area contributed by atoms with Crippen LogP contribution in [0, 0.1) is 0 Å². The Balaban J connectivity index is 2.28. The van der Waals surface area contributed by atoms with Crippen LogP contribution in [0.5, 0.6) is 5.75 Å². The van der Waals surface area contributed by atoms with Gasteiger partial charge >= 0.3 is 0 Å². The number of nitrogens with zero attached hydrogens (tertiary/aromatic N) is 1. The van der Waals surface area contributed by atoms with Gasteiger partial charge in [-0.1, -0.05) is 22.0 Å². The lowest BCUT2D eigenvalue weighted by Gasteiger charge is -2.21. The van der Waals surface area contributed by atoms with E-state index in [-0.39, 0.29) is 6.04 Å². The van der Waals surface area contributed by atoms with E-state index in [2.05, 4.69) is 39.0 Å². The number of hydrogen-bond acceptors (Lipinski definition) is 3. The van der Waals surface area contributed by atoms with Gasteiger partial charge in [-0.05, 0) is 48.9 Å². The van der Waals surface area contributed by atoms with Crippen molar-refractivity contribution >= 4 is 27.3 Å². The topological polar surface area (TPSA) is 38.5 Å². The van der Waals surface area contributed by atoms with E-state index in [1.807, 2.05) is 38.2 Å².